The lowest BCUT2D eigenvalue weighted by atomic mass is 10.0. The second-order valence-corrected chi connectivity index (χ2v) is 11.1. The molecule has 1 aliphatic heterocycles. The second kappa shape index (κ2) is 10.1. The lowest BCUT2D eigenvalue weighted by Crippen LogP contribution is -2.48. The van der Waals surface area contributed by atoms with Gasteiger partial charge in [0.1, 0.15) is 0 Å². The van der Waals surface area contributed by atoms with E-state index in [-0.39, 0.29) is 18.5 Å². The maximum absolute atomic E-state index is 12.1. The number of hydrogen-bond acceptors (Lipinski definition) is 5. The third kappa shape index (κ3) is 6.36. The fourth-order valence-corrected chi connectivity index (χ4v) is 5.41. The molecule has 1 saturated heterocycles. The number of piperidine rings is 1. The molecule has 2 N–H and O–H groups in total. The first-order valence-corrected chi connectivity index (χ1v) is 13.5. The van der Waals surface area contributed by atoms with Gasteiger partial charge in [0.25, 0.3) is 0 Å². The largest absolute Gasteiger partial charge is 0.465 e. The number of carboxylic acid groups (broad SMARTS) is 1. The predicted molar refractivity (Wildman–Crippen MR) is 129 cm³/mol. The Morgan fingerprint density at radius 1 is 1.03 bits per heavy atom. The van der Waals surface area contributed by atoms with Gasteiger partial charge >= 0.3 is 6.09 Å². The number of carbonyl (C=O) groups excluding carboxylic acids is 1. The number of sulfonamides is 1. The van der Waals surface area contributed by atoms with Gasteiger partial charge in [0, 0.05) is 37.6 Å². The predicted octanol–water partition coefficient (Wildman–Crippen LogP) is 2.81. The van der Waals surface area contributed by atoms with E-state index >= 15 is 0 Å². The number of likely N-dealkylation sites (tertiary alicyclic amines) is 1. The van der Waals surface area contributed by atoms with Gasteiger partial charge in [-0.3, -0.25) is 14.4 Å². The van der Waals surface area contributed by atoms with Crippen molar-refractivity contribution in [2.45, 2.75) is 50.2 Å². The summed E-state index contributed by atoms with van der Waals surface area (Å²) in [5.41, 5.74) is 3.07. The van der Waals surface area contributed by atoms with E-state index in [1.165, 1.54) is 5.56 Å². The fraction of sp³-hybridized carbons (Fsp3) is 0.440. The Balaban J connectivity index is 1.27. The van der Waals surface area contributed by atoms with Gasteiger partial charge in [-0.2, -0.15) is 0 Å². The zero-order valence-corrected chi connectivity index (χ0v) is 20.1. The van der Waals surface area contributed by atoms with Crippen LogP contribution in [0, 0.1) is 0 Å². The standard InChI is InChI=1S/C25H31N3O5S/c1-34(32,33)26-24(29)15-18-7-9-19(10-8-18)17-27-13-11-21(12-14-27)28(25(30)31)23-16-22(23)20-5-3-2-4-6-20/h2-10,21-23H,11-17H2,1H3,(H,26,29)(H,30,31)/t22-,23+/m0/s1. The van der Waals surface area contributed by atoms with Crippen LogP contribution < -0.4 is 4.72 Å². The Morgan fingerprint density at radius 2 is 1.65 bits per heavy atom. The molecule has 1 saturated carbocycles. The van der Waals surface area contributed by atoms with Crippen molar-refractivity contribution in [3.05, 3.63) is 71.3 Å². The van der Waals surface area contributed by atoms with Gasteiger partial charge in [-0.05, 0) is 36.0 Å². The molecule has 0 aromatic heterocycles. The molecule has 8 nitrogen and oxygen atoms in total. The van der Waals surface area contributed by atoms with E-state index in [2.05, 4.69) is 17.0 Å². The van der Waals surface area contributed by atoms with Gasteiger partial charge in [-0.25, -0.2) is 13.2 Å². The topological polar surface area (TPSA) is 107 Å². The van der Waals surface area contributed by atoms with Crippen LogP contribution in [0.1, 0.15) is 41.9 Å². The molecule has 2 fully saturated rings. The van der Waals surface area contributed by atoms with E-state index in [1.807, 2.05) is 47.2 Å². The fourth-order valence-electron chi connectivity index (χ4n) is 4.92. The number of hydrogen-bond donors (Lipinski definition) is 2. The Labute approximate surface area is 200 Å². The second-order valence-electron chi connectivity index (χ2n) is 9.31. The maximum atomic E-state index is 12.1. The maximum Gasteiger partial charge on any atom is 0.407 e. The van der Waals surface area contributed by atoms with Crippen molar-refractivity contribution in [2.24, 2.45) is 0 Å². The third-order valence-corrected chi connectivity index (χ3v) is 7.20. The summed E-state index contributed by atoms with van der Waals surface area (Å²) in [5.74, 6) is -0.251. The summed E-state index contributed by atoms with van der Waals surface area (Å²) < 4.78 is 24.3. The molecule has 0 spiro atoms. The van der Waals surface area contributed by atoms with Gasteiger partial charge in [-0.15, -0.1) is 0 Å². The molecular weight excluding hydrogens is 454 g/mol. The molecule has 0 radical (unpaired) electrons. The summed E-state index contributed by atoms with van der Waals surface area (Å²) in [7, 11) is -3.55. The van der Waals surface area contributed by atoms with Crippen LogP contribution >= 0.6 is 0 Å². The monoisotopic (exact) mass is 485 g/mol. The van der Waals surface area contributed by atoms with E-state index in [0.29, 0.717) is 5.92 Å². The summed E-state index contributed by atoms with van der Waals surface area (Å²) in [5, 5.41) is 9.90. The number of amides is 2. The van der Waals surface area contributed by atoms with Crippen molar-refractivity contribution in [3.8, 4) is 0 Å². The summed E-state index contributed by atoms with van der Waals surface area (Å²) in [6, 6.07) is 17.9. The van der Waals surface area contributed by atoms with Crippen molar-refractivity contribution >= 4 is 22.0 Å². The first kappa shape index (κ1) is 24.2. The van der Waals surface area contributed by atoms with E-state index < -0.39 is 22.0 Å². The van der Waals surface area contributed by atoms with Gasteiger partial charge in [-0.1, -0.05) is 54.6 Å². The van der Waals surface area contributed by atoms with Crippen LogP contribution in [-0.2, 0) is 27.8 Å². The molecule has 2 amide bonds. The molecule has 9 heteroatoms. The molecule has 0 bridgehead atoms. The highest BCUT2D eigenvalue weighted by Crippen LogP contribution is 2.46. The van der Waals surface area contributed by atoms with Crippen LogP contribution in [0.4, 0.5) is 4.79 Å². The van der Waals surface area contributed by atoms with Crippen molar-refractivity contribution in [2.75, 3.05) is 19.3 Å². The summed E-state index contributed by atoms with van der Waals surface area (Å²) in [6.45, 7) is 2.41. The number of carbonyl (C=O) groups is 2. The molecule has 2 aromatic rings. The first-order chi connectivity index (χ1) is 16.2. The first-order valence-electron chi connectivity index (χ1n) is 11.6. The van der Waals surface area contributed by atoms with E-state index in [1.54, 1.807) is 4.90 Å². The molecule has 4 rings (SSSR count). The summed E-state index contributed by atoms with van der Waals surface area (Å²) in [4.78, 5) is 27.9. The highest BCUT2D eigenvalue weighted by Gasteiger charge is 2.47. The smallest absolute Gasteiger partial charge is 0.407 e. The van der Waals surface area contributed by atoms with Crippen LogP contribution in [0.2, 0.25) is 0 Å². The van der Waals surface area contributed by atoms with Crippen molar-refractivity contribution in [1.29, 1.82) is 0 Å². The van der Waals surface area contributed by atoms with Gasteiger partial charge in [0.05, 0.1) is 12.7 Å². The van der Waals surface area contributed by atoms with Crippen LogP contribution in [0.15, 0.2) is 54.6 Å². The quantitative estimate of drug-likeness (QED) is 0.596. The van der Waals surface area contributed by atoms with E-state index in [0.717, 1.165) is 56.3 Å². The molecule has 2 atom stereocenters. The molecule has 2 aliphatic rings. The Bertz CT molecular complexity index is 1110. The average Bonchev–Trinajstić information content (AvgIpc) is 3.56. The third-order valence-electron chi connectivity index (χ3n) is 6.61. The zero-order chi connectivity index (χ0) is 24.3. The molecule has 1 heterocycles. The van der Waals surface area contributed by atoms with Crippen LogP contribution in [-0.4, -0.2) is 66.8 Å². The van der Waals surface area contributed by atoms with Crippen molar-refractivity contribution in [3.63, 3.8) is 0 Å². The highest BCUT2D eigenvalue weighted by atomic mass is 32.2. The van der Waals surface area contributed by atoms with Crippen molar-refractivity contribution in [1.82, 2.24) is 14.5 Å². The molecular formula is C25H31N3O5S. The average molecular weight is 486 g/mol. The normalized spacial score (nSPS) is 21.1. The highest BCUT2D eigenvalue weighted by molar-refractivity contribution is 7.89. The molecule has 34 heavy (non-hydrogen) atoms. The van der Waals surface area contributed by atoms with Crippen molar-refractivity contribution < 1.29 is 23.1 Å². The zero-order valence-electron chi connectivity index (χ0n) is 19.3. The summed E-state index contributed by atoms with van der Waals surface area (Å²) in [6.07, 6.45) is 2.67. The van der Waals surface area contributed by atoms with E-state index in [9.17, 15) is 23.1 Å². The lowest BCUT2D eigenvalue weighted by molar-refractivity contribution is -0.118. The number of benzene rings is 2. The number of rotatable bonds is 8. The van der Waals surface area contributed by atoms with Crippen LogP contribution in [0.25, 0.3) is 0 Å². The Kier molecular flexibility index (Phi) is 7.23. The lowest BCUT2D eigenvalue weighted by Gasteiger charge is -2.37. The van der Waals surface area contributed by atoms with E-state index in [4.69, 9.17) is 0 Å². The number of nitrogens with one attached hydrogen (secondary N) is 1. The Morgan fingerprint density at radius 3 is 2.24 bits per heavy atom. The minimum absolute atomic E-state index is 0.00884. The molecule has 2 aromatic carbocycles. The summed E-state index contributed by atoms with van der Waals surface area (Å²) >= 11 is 0. The van der Waals surface area contributed by atoms with Gasteiger partial charge < -0.3 is 10.0 Å². The molecule has 0 unspecified atom stereocenters. The van der Waals surface area contributed by atoms with Gasteiger partial charge in [0.2, 0.25) is 15.9 Å². The van der Waals surface area contributed by atoms with Crippen LogP contribution in [0.3, 0.4) is 0 Å². The minimum atomic E-state index is -3.55. The van der Waals surface area contributed by atoms with Crippen LogP contribution in [0.5, 0.6) is 0 Å². The molecule has 1 aliphatic carbocycles. The molecule has 182 valence electrons. The number of nitrogens with zero attached hydrogens (tertiary/aromatic N) is 2. The Hall–Kier alpha value is -2.91. The SMILES string of the molecule is CS(=O)(=O)NC(=O)Cc1ccc(CN2CCC(N(C(=O)O)[C@@H]3C[C@H]3c3ccccc3)CC2)cc1. The minimum Gasteiger partial charge on any atom is -0.465 e. The van der Waals surface area contributed by atoms with Gasteiger partial charge in [0.15, 0.2) is 0 Å².